The van der Waals surface area contributed by atoms with Gasteiger partial charge in [0.25, 0.3) is 10.1 Å². The van der Waals surface area contributed by atoms with Crippen molar-refractivity contribution in [2.24, 2.45) is 0 Å². The zero-order chi connectivity index (χ0) is 16.4. The monoisotopic (exact) mass is 370 g/mol. The minimum atomic E-state index is -4.40. The molecule has 0 bridgehead atoms. The second-order valence-corrected chi connectivity index (χ2v) is 7.87. The van der Waals surface area contributed by atoms with Gasteiger partial charge in [-0.2, -0.15) is 16.8 Å². The van der Waals surface area contributed by atoms with E-state index in [-0.39, 0.29) is 36.2 Å². The molecule has 7 nitrogen and oxygen atoms in total. The molecule has 0 radical (unpaired) electrons. The van der Waals surface area contributed by atoms with Crippen LogP contribution in [0.25, 0.3) is 0 Å². The van der Waals surface area contributed by atoms with Gasteiger partial charge in [0.15, 0.2) is 0 Å². The first kappa shape index (κ1) is 25.0. The molecule has 0 aliphatic rings. The molecule has 130 valence electrons. The van der Waals surface area contributed by atoms with E-state index in [0.717, 1.165) is 25.7 Å². The second kappa shape index (κ2) is 13.1. The van der Waals surface area contributed by atoms with Crippen molar-refractivity contribution in [1.29, 1.82) is 0 Å². The molecule has 0 spiro atoms. The Morgan fingerprint density at radius 2 is 1.36 bits per heavy atom. The van der Waals surface area contributed by atoms with Gasteiger partial charge in [0.05, 0.1) is 11.9 Å². The van der Waals surface area contributed by atoms with Crippen molar-refractivity contribution in [2.75, 3.05) is 6.61 Å². The number of hydrogen-bond donors (Lipinski definition) is 2. The molecule has 0 saturated heterocycles. The van der Waals surface area contributed by atoms with E-state index >= 15 is 0 Å². The summed E-state index contributed by atoms with van der Waals surface area (Å²) in [7, 11) is -8.44. The first-order valence-electron chi connectivity index (χ1n) is 7.25. The molecule has 0 rings (SSSR count). The van der Waals surface area contributed by atoms with Gasteiger partial charge in [-0.25, -0.2) is 4.18 Å². The summed E-state index contributed by atoms with van der Waals surface area (Å²) in [6.07, 6.45) is 6.12. The first-order valence-corrected chi connectivity index (χ1v) is 10.1. The molecule has 0 heterocycles. The molecule has 2 N–H and O–H groups in total. The Morgan fingerprint density at radius 3 is 1.77 bits per heavy atom. The topological polar surface area (TPSA) is 118 Å². The fourth-order valence-electron chi connectivity index (χ4n) is 2.06. The average molecular weight is 370 g/mol. The predicted octanol–water partition coefficient (Wildman–Crippen LogP) is 1.94. The van der Waals surface area contributed by atoms with Crippen molar-refractivity contribution in [3.8, 4) is 0 Å². The van der Waals surface area contributed by atoms with E-state index in [1.165, 1.54) is 0 Å². The van der Waals surface area contributed by atoms with Crippen LogP contribution in [0.1, 0.15) is 64.7 Å². The molecule has 0 saturated carbocycles. The minimum absolute atomic E-state index is 0. The van der Waals surface area contributed by atoms with Gasteiger partial charge in [-0.05, 0) is 19.3 Å². The van der Waals surface area contributed by atoms with E-state index in [0.29, 0.717) is 32.1 Å². The quantitative estimate of drug-likeness (QED) is 0.289. The Morgan fingerprint density at radius 1 is 0.864 bits per heavy atom. The standard InChI is InChI=1S/C12H26O7S2.Na.H/c1-2-3-4-6-9-12(20(13,14)15)10-7-5-8-11-19-21(16,17)18;;/h12H,2-11H2,1H3,(H,13,14,15)(H,16,17,18);;. The van der Waals surface area contributed by atoms with Gasteiger partial charge in [-0.1, -0.05) is 45.4 Å². The molecular weight excluding hydrogens is 343 g/mol. The SMILES string of the molecule is CCCCCCC(CCCCCOS(=O)(=O)O)S(=O)(=O)O.[NaH]. The summed E-state index contributed by atoms with van der Waals surface area (Å²) >= 11 is 0. The molecule has 0 fully saturated rings. The molecule has 1 unspecified atom stereocenters. The van der Waals surface area contributed by atoms with Crippen LogP contribution < -0.4 is 0 Å². The fourth-order valence-corrected chi connectivity index (χ4v) is 3.31. The van der Waals surface area contributed by atoms with E-state index in [1.807, 2.05) is 0 Å². The van der Waals surface area contributed by atoms with E-state index in [2.05, 4.69) is 11.1 Å². The number of rotatable bonds is 13. The van der Waals surface area contributed by atoms with Gasteiger partial charge < -0.3 is 0 Å². The Labute approximate surface area is 156 Å². The van der Waals surface area contributed by atoms with Crippen molar-refractivity contribution in [1.82, 2.24) is 0 Å². The van der Waals surface area contributed by atoms with Crippen LogP contribution in [0, 0.1) is 0 Å². The van der Waals surface area contributed by atoms with Gasteiger partial charge in [-0.15, -0.1) is 0 Å². The second-order valence-electron chi connectivity index (χ2n) is 5.09. The molecule has 0 aromatic rings. The Bertz CT molecular complexity index is 462. The summed E-state index contributed by atoms with van der Waals surface area (Å²) in [6.45, 7) is 1.93. The third-order valence-electron chi connectivity index (χ3n) is 3.20. The summed E-state index contributed by atoms with van der Waals surface area (Å²) in [4.78, 5) is 0. The van der Waals surface area contributed by atoms with Crippen LogP contribution in [0.4, 0.5) is 0 Å². The summed E-state index contributed by atoms with van der Waals surface area (Å²) in [5.74, 6) is 0. The molecule has 0 aromatic carbocycles. The summed E-state index contributed by atoms with van der Waals surface area (Å²) in [5.41, 5.74) is 0. The molecular formula is C12H27NaO7S2. The molecule has 0 aliphatic heterocycles. The molecule has 0 aliphatic carbocycles. The maximum absolute atomic E-state index is 11.3. The van der Waals surface area contributed by atoms with Crippen molar-refractivity contribution < 1.29 is 30.1 Å². The third-order valence-corrected chi connectivity index (χ3v) is 4.98. The van der Waals surface area contributed by atoms with Crippen LogP contribution in [-0.2, 0) is 24.7 Å². The van der Waals surface area contributed by atoms with E-state index < -0.39 is 25.8 Å². The first-order chi connectivity index (χ1) is 9.67. The molecule has 0 aromatic heterocycles. The predicted molar refractivity (Wildman–Crippen MR) is 87.2 cm³/mol. The van der Waals surface area contributed by atoms with Crippen molar-refractivity contribution in [3.63, 3.8) is 0 Å². The van der Waals surface area contributed by atoms with Gasteiger partial charge in [0.1, 0.15) is 0 Å². The fraction of sp³-hybridized carbons (Fsp3) is 1.00. The molecule has 0 amide bonds. The summed E-state index contributed by atoms with van der Waals surface area (Å²) in [6, 6.07) is 0. The van der Waals surface area contributed by atoms with Gasteiger partial charge in [0.2, 0.25) is 0 Å². The average Bonchev–Trinajstić information content (AvgIpc) is 2.33. The van der Waals surface area contributed by atoms with Crippen LogP contribution in [0.15, 0.2) is 0 Å². The van der Waals surface area contributed by atoms with Crippen LogP contribution >= 0.6 is 0 Å². The van der Waals surface area contributed by atoms with Crippen LogP contribution in [0.5, 0.6) is 0 Å². The van der Waals surface area contributed by atoms with E-state index in [9.17, 15) is 21.4 Å². The normalized spacial score (nSPS) is 13.6. The third kappa shape index (κ3) is 15.7. The Balaban J connectivity index is 0. The maximum atomic E-state index is 11.3. The number of unbranched alkanes of at least 4 members (excludes halogenated alkanes) is 5. The zero-order valence-electron chi connectivity index (χ0n) is 12.4. The summed E-state index contributed by atoms with van der Waals surface area (Å²) < 4.78 is 64.8. The van der Waals surface area contributed by atoms with Gasteiger partial charge in [-0.3, -0.25) is 9.11 Å². The van der Waals surface area contributed by atoms with Crippen molar-refractivity contribution in [2.45, 2.75) is 70.0 Å². The van der Waals surface area contributed by atoms with E-state index in [1.54, 1.807) is 0 Å². The van der Waals surface area contributed by atoms with Crippen LogP contribution in [0.3, 0.4) is 0 Å². The van der Waals surface area contributed by atoms with Crippen molar-refractivity contribution >= 4 is 50.1 Å². The van der Waals surface area contributed by atoms with E-state index in [4.69, 9.17) is 4.55 Å². The molecule has 1 atom stereocenters. The van der Waals surface area contributed by atoms with Crippen LogP contribution in [-0.4, -0.2) is 67.4 Å². The number of hydrogen-bond acceptors (Lipinski definition) is 5. The molecule has 22 heavy (non-hydrogen) atoms. The van der Waals surface area contributed by atoms with Gasteiger partial charge in [0, 0.05) is 0 Å². The Kier molecular flexibility index (Phi) is 14.9. The molecule has 10 heteroatoms. The Hall–Kier alpha value is 0.780. The van der Waals surface area contributed by atoms with Gasteiger partial charge >= 0.3 is 40.0 Å². The summed E-state index contributed by atoms with van der Waals surface area (Å²) in [5, 5.41) is -0.753. The van der Waals surface area contributed by atoms with Crippen molar-refractivity contribution in [3.05, 3.63) is 0 Å². The van der Waals surface area contributed by atoms with Crippen LogP contribution in [0.2, 0.25) is 0 Å². The zero-order valence-corrected chi connectivity index (χ0v) is 14.0.